The molecule has 2 aromatic heterocycles. The fraction of sp³-hybridized carbons (Fsp3) is 0.118. The summed E-state index contributed by atoms with van der Waals surface area (Å²) in [6.07, 6.45) is 1.75. The summed E-state index contributed by atoms with van der Waals surface area (Å²) in [5, 5.41) is 3.58. The van der Waals surface area contributed by atoms with E-state index in [4.69, 9.17) is 17.3 Å². The number of hydrogen-bond donors (Lipinski definition) is 2. The smallest absolute Gasteiger partial charge is 0.225 e. The number of aromatic nitrogens is 3. The molecule has 1 aromatic carbocycles. The third-order valence-corrected chi connectivity index (χ3v) is 4.10. The van der Waals surface area contributed by atoms with Gasteiger partial charge in [0.15, 0.2) is 5.82 Å². The van der Waals surface area contributed by atoms with Crippen LogP contribution in [0.2, 0.25) is 5.02 Å². The van der Waals surface area contributed by atoms with Crippen molar-refractivity contribution in [2.24, 2.45) is 0 Å². The predicted molar refractivity (Wildman–Crippen MR) is 96.6 cm³/mol. The van der Waals surface area contributed by atoms with Gasteiger partial charge in [-0.15, -0.1) is 0 Å². The Labute approximate surface area is 139 Å². The van der Waals surface area contributed by atoms with Crippen molar-refractivity contribution in [2.75, 3.05) is 18.1 Å². The summed E-state index contributed by atoms with van der Waals surface area (Å²) in [6, 6.07) is 7.63. The average Bonchev–Trinajstić information content (AvgIpc) is 2.56. The average molecular weight is 326 g/mol. The highest BCUT2D eigenvalue weighted by molar-refractivity contribution is 6.31. The van der Waals surface area contributed by atoms with E-state index in [2.05, 4.69) is 26.8 Å². The second kappa shape index (κ2) is 5.85. The SMILES string of the molecule is C=Cc1cc2nc(NC)nc(N)c2nc1-c1cccc(Cl)c1C. The lowest BCUT2D eigenvalue weighted by Crippen LogP contribution is -2.04. The van der Waals surface area contributed by atoms with E-state index in [0.717, 1.165) is 22.4 Å². The zero-order chi connectivity index (χ0) is 16.6. The van der Waals surface area contributed by atoms with Gasteiger partial charge < -0.3 is 11.1 Å². The van der Waals surface area contributed by atoms with E-state index in [1.54, 1.807) is 13.1 Å². The Balaban J connectivity index is 2.35. The highest BCUT2D eigenvalue weighted by atomic mass is 35.5. The Morgan fingerprint density at radius 2 is 2.04 bits per heavy atom. The van der Waals surface area contributed by atoms with Crippen LogP contribution < -0.4 is 11.1 Å². The number of nitrogens with one attached hydrogen (secondary N) is 1. The minimum Gasteiger partial charge on any atom is -0.382 e. The lowest BCUT2D eigenvalue weighted by atomic mass is 10.0. The van der Waals surface area contributed by atoms with E-state index in [1.807, 2.05) is 31.2 Å². The van der Waals surface area contributed by atoms with Crippen molar-refractivity contribution in [3.63, 3.8) is 0 Å². The second-order valence-electron chi connectivity index (χ2n) is 5.09. The highest BCUT2D eigenvalue weighted by Gasteiger charge is 2.14. The number of nitrogens with two attached hydrogens (primary N) is 1. The molecule has 0 aliphatic heterocycles. The predicted octanol–water partition coefficient (Wildman–Crippen LogP) is 3.92. The van der Waals surface area contributed by atoms with Gasteiger partial charge in [0, 0.05) is 23.2 Å². The van der Waals surface area contributed by atoms with Crippen LogP contribution in [0.1, 0.15) is 11.1 Å². The van der Waals surface area contributed by atoms with E-state index < -0.39 is 0 Å². The lowest BCUT2D eigenvalue weighted by Gasteiger charge is -2.12. The molecule has 5 nitrogen and oxygen atoms in total. The third kappa shape index (κ3) is 2.59. The van der Waals surface area contributed by atoms with Crippen LogP contribution in [0.15, 0.2) is 30.8 Å². The van der Waals surface area contributed by atoms with Gasteiger partial charge in [0.1, 0.15) is 5.52 Å². The monoisotopic (exact) mass is 325 g/mol. The maximum absolute atomic E-state index is 6.24. The quantitative estimate of drug-likeness (QED) is 0.763. The molecule has 3 rings (SSSR count). The van der Waals surface area contributed by atoms with E-state index in [9.17, 15) is 0 Å². The Hall–Kier alpha value is -2.66. The molecule has 3 N–H and O–H groups in total. The van der Waals surface area contributed by atoms with E-state index in [1.165, 1.54) is 0 Å². The van der Waals surface area contributed by atoms with Crippen LogP contribution in [-0.2, 0) is 0 Å². The first-order chi connectivity index (χ1) is 11.0. The molecule has 3 aromatic rings. The number of halogens is 1. The molecule has 0 saturated heterocycles. The second-order valence-corrected chi connectivity index (χ2v) is 5.50. The summed E-state index contributed by atoms with van der Waals surface area (Å²) in [4.78, 5) is 13.3. The molecule has 0 spiro atoms. The molecule has 2 heterocycles. The van der Waals surface area contributed by atoms with Crippen molar-refractivity contribution in [2.45, 2.75) is 6.92 Å². The third-order valence-electron chi connectivity index (χ3n) is 3.69. The molecule has 0 aliphatic rings. The number of hydrogen-bond acceptors (Lipinski definition) is 5. The highest BCUT2D eigenvalue weighted by Crippen LogP contribution is 2.32. The maximum Gasteiger partial charge on any atom is 0.225 e. The van der Waals surface area contributed by atoms with Crippen LogP contribution in [0.5, 0.6) is 0 Å². The molecule has 0 amide bonds. The van der Waals surface area contributed by atoms with Gasteiger partial charge in [-0.25, -0.2) is 9.97 Å². The van der Waals surface area contributed by atoms with Gasteiger partial charge >= 0.3 is 0 Å². The molecule has 0 unspecified atom stereocenters. The number of nitrogens with zero attached hydrogens (tertiary/aromatic N) is 3. The number of rotatable bonds is 3. The molecule has 0 aliphatic carbocycles. The Morgan fingerprint density at radius 3 is 2.74 bits per heavy atom. The van der Waals surface area contributed by atoms with Crippen molar-refractivity contribution in [1.82, 2.24) is 15.0 Å². The van der Waals surface area contributed by atoms with Gasteiger partial charge in [-0.2, -0.15) is 4.98 Å². The fourth-order valence-corrected chi connectivity index (χ4v) is 2.62. The van der Waals surface area contributed by atoms with Crippen molar-refractivity contribution in [1.29, 1.82) is 0 Å². The lowest BCUT2D eigenvalue weighted by molar-refractivity contribution is 1.18. The zero-order valence-electron chi connectivity index (χ0n) is 12.9. The topological polar surface area (TPSA) is 76.7 Å². The normalized spacial score (nSPS) is 10.7. The van der Waals surface area contributed by atoms with Gasteiger partial charge in [0.2, 0.25) is 5.95 Å². The first-order valence-electron chi connectivity index (χ1n) is 7.09. The molecule has 0 saturated carbocycles. The van der Waals surface area contributed by atoms with E-state index >= 15 is 0 Å². The standard InChI is InChI=1S/C17H16ClN5/c1-4-10-8-13-15(16(19)23-17(20-3)21-13)22-14(10)11-6-5-7-12(18)9(11)2/h4-8H,1H2,2-3H3,(H3,19,20,21,23). The van der Waals surface area contributed by atoms with Crippen LogP contribution >= 0.6 is 11.6 Å². The molecule has 23 heavy (non-hydrogen) atoms. The number of nitrogen functional groups attached to an aromatic ring is 1. The van der Waals surface area contributed by atoms with Crippen molar-refractivity contribution in [3.05, 3.63) is 47.0 Å². The number of anilines is 2. The van der Waals surface area contributed by atoms with Gasteiger partial charge in [-0.05, 0) is 24.6 Å². The Kier molecular flexibility index (Phi) is 3.88. The Bertz CT molecular complexity index is 920. The zero-order valence-corrected chi connectivity index (χ0v) is 13.6. The van der Waals surface area contributed by atoms with Gasteiger partial charge in [-0.3, -0.25) is 0 Å². The first-order valence-corrected chi connectivity index (χ1v) is 7.47. The number of benzene rings is 1. The van der Waals surface area contributed by atoms with Gasteiger partial charge in [-0.1, -0.05) is 36.4 Å². The van der Waals surface area contributed by atoms with Crippen molar-refractivity contribution >= 4 is 40.5 Å². The van der Waals surface area contributed by atoms with Crippen LogP contribution in [-0.4, -0.2) is 22.0 Å². The first kappa shape index (κ1) is 15.2. The van der Waals surface area contributed by atoms with E-state index in [0.29, 0.717) is 27.8 Å². The van der Waals surface area contributed by atoms with Crippen LogP contribution in [0.3, 0.4) is 0 Å². The molecule has 0 atom stereocenters. The minimum absolute atomic E-state index is 0.330. The molecule has 0 radical (unpaired) electrons. The largest absolute Gasteiger partial charge is 0.382 e. The van der Waals surface area contributed by atoms with Crippen LogP contribution in [0, 0.1) is 6.92 Å². The molecule has 6 heteroatoms. The molecule has 0 fully saturated rings. The molecular weight excluding hydrogens is 310 g/mol. The van der Waals surface area contributed by atoms with Crippen molar-refractivity contribution in [3.8, 4) is 11.3 Å². The van der Waals surface area contributed by atoms with Crippen LogP contribution in [0.25, 0.3) is 28.4 Å². The summed E-state index contributed by atoms with van der Waals surface area (Å²) in [7, 11) is 1.74. The summed E-state index contributed by atoms with van der Waals surface area (Å²) in [5.74, 6) is 0.786. The van der Waals surface area contributed by atoms with Gasteiger partial charge in [0.05, 0.1) is 11.2 Å². The summed E-state index contributed by atoms with van der Waals surface area (Å²) >= 11 is 6.24. The maximum atomic E-state index is 6.24. The van der Waals surface area contributed by atoms with Crippen LogP contribution in [0.4, 0.5) is 11.8 Å². The number of fused-ring (bicyclic) bond motifs is 1. The summed E-state index contributed by atoms with van der Waals surface area (Å²) < 4.78 is 0. The number of pyridine rings is 1. The van der Waals surface area contributed by atoms with Crippen molar-refractivity contribution < 1.29 is 0 Å². The summed E-state index contributed by atoms with van der Waals surface area (Å²) in [5.41, 5.74) is 10.8. The summed E-state index contributed by atoms with van der Waals surface area (Å²) in [6.45, 7) is 5.84. The molecular formula is C17H16ClN5. The minimum atomic E-state index is 0.330. The molecule has 0 bridgehead atoms. The molecule has 116 valence electrons. The Morgan fingerprint density at radius 1 is 1.26 bits per heavy atom. The van der Waals surface area contributed by atoms with E-state index in [-0.39, 0.29) is 0 Å². The fourth-order valence-electron chi connectivity index (χ4n) is 2.44. The van der Waals surface area contributed by atoms with Gasteiger partial charge in [0.25, 0.3) is 0 Å².